The summed E-state index contributed by atoms with van der Waals surface area (Å²) in [6.45, 7) is 6.96. The van der Waals surface area contributed by atoms with Gasteiger partial charge in [0.1, 0.15) is 0 Å². The molecule has 0 N–H and O–H groups in total. The normalized spacial score (nSPS) is 10.6. The van der Waals surface area contributed by atoms with Crippen molar-refractivity contribution in [1.29, 1.82) is 0 Å². The summed E-state index contributed by atoms with van der Waals surface area (Å²) in [5.41, 5.74) is 0. The SMILES string of the molecule is CBr.CCCCCC[PH+](CCCCCC)CCCCCC. The molecule has 0 radical (unpaired) electrons. The third kappa shape index (κ3) is 20.9. The van der Waals surface area contributed by atoms with Crippen LogP contribution in [0.15, 0.2) is 0 Å². The summed E-state index contributed by atoms with van der Waals surface area (Å²) in [5, 5.41) is 0. The van der Waals surface area contributed by atoms with Gasteiger partial charge < -0.3 is 0 Å². The quantitative estimate of drug-likeness (QED) is 0.153. The van der Waals surface area contributed by atoms with Crippen LogP contribution >= 0.6 is 23.9 Å². The number of unbranched alkanes of at least 4 members (excludes halogenated alkanes) is 9. The van der Waals surface area contributed by atoms with Gasteiger partial charge in [0, 0.05) is 7.92 Å². The van der Waals surface area contributed by atoms with E-state index in [9.17, 15) is 0 Å². The van der Waals surface area contributed by atoms with Crippen molar-refractivity contribution in [2.45, 2.75) is 97.8 Å². The summed E-state index contributed by atoms with van der Waals surface area (Å²) >= 11 is 2.94. The van der Waals surface area contributed by atoms with Gasteiger partial charge in [0.05, 0.1) is 18.5 Å². The van der Waals surface area contributed by atoms with Gasteiger partial charge in [-0.1, -0.05) is 75.2 Å². The maximum absolute atomic E-state index is 2.94. The highest BCUT2D eigenvalue weighted by Gasteiger charge is 2.14. The van der Waals surface area contributed by atoms with Crippen molar-refractivity contribution in [3.63, 3.8) is 0 Å². The maximum Gasteiger partial charge on any atom is 0.0571 e. The summed E-state index contributed by atoms with van der Waals surface area (Å²) in [7, 11) is 0.0139. The van der Waals surface area contributed by atoms with Crippen LogP contribution in [-0.4, -0.2) is 24.3 Å². The van der Waals surface area contributed by atoms with Crippen molar-refractivity contribution < 1.29 is 0 Å². The van der Waals surface area contributed by atoms with Gasteiger partial charge in [-0.2, -0.15) is 0 Å². The molecule has 21 heavy (non-hydrogen) atoms. The molecule has 0 bridgehead atoms. The largest absolute Gasteiger partial charge is 0.0966 e. The molecule has 0 amide bonds. The highest BCUT2D eigenvalue weighted by molar-refractivity contribution is 9.08. The van der Waals surface area contributed by atoms with E-state index in [0.29, 0.717) is 0 Å². The fourth-order valence-corrected chi connectivity index (χ4v) is 5.78. The molecule has 0 nitrogen and oxygen atoms in total. The van der Waals surface area contributed by atoms with E-state index in [1.54, 1.807) is 18.5 Å². The molecule has 0 aromatic heterocycles. The van der Waals surface area contributed by atoms with Crippen LogP contribution in [0.25, 0.3) is 0 Å². The van der Waals surface area contributed by atoms with Crippen molar-refractivity contribution >= 4 is 23.9 Å². The Labute approximate surface area is 146 Å². The molecule has 0 heterocycles. The summed E-state index contributed by atoms with van der Waals surface area (Å²) in [6, 6.07) is 0. The van der Waals surface area contributed by atoms with Crippen LogP contribution in [0.4, 0.5) is 0 Å². The minimum atomic E-state index is 0.0139. The fraction of sp³-hybridized carbons (Fsp3) is 1.00. The van der Waals surface area contributed by atoms with E-state index in [4.69, 9.17) is 0 Å². The Bertz CT molecular complexity index is 133. The maximum atomic E-state index is 2.94. The second kappa shape index (κ2) is 23.2. The second-order valence-corrected chi connectivity index (χ2v) is 9.18. The van der Waals surface area contributed by atoms with Crippen LogP contribution in [0.5, 0.6) is 0 Å². The molecule has 0 atom stereocenters. The number of halogens is 1. The van der Waals surface area contributed by atoms with Gasteiger partial charge in [-0.15, -0.1) is 0 Å². The smallest absolute Gasteiger partial charge is 0.0571 e. The number of rotatable bonds is 15. The molecule has 0 rings (SSSR count). The Hall–Kier alpha value is 0.910. The molecule has 0 spiro atoms. The number of hydrogen-bond acceptors (Lipinski definition) is 0. The summed E-state index contributed by atoms with van der Waals surface area (Å²) in [6.07, 6.45) is 22.4. The Morgan fingerprint density at radius 3 is 1.00 bits per heavy atom. The highest BCUT2D eigenvalue weighted by atomic mass is 79.9. The minimum absolute atomic E-state index is 0.0139. The average molecular weight is 382 g/mol. The highest BCUT2D eigenvalue weighted by Crippen LogP contribution is 2.39. The van der Waals surface area contributed by atoms with E-state index >= 15 is 0 Å². The minimum Gasteiger partial charge on any atom is -0.0966 e. The summed E-state index contributed by atoms with van der Waals surface area (Å²) in [5.74, 6) is 1.81. The van der Waals surface area contributed by atoms with Crippen molar-refractivity contribution in [3.8, 4) is 0 Å². The van der Waals surface area contributed by atoms with Gasteiger partial charge in [0.25, 0.3) is 0 Å². The van der Waals surface area contributed by atoms with Crippen molar-refractivity contribution in [1.82, 2.24) is 0 Å². The van der Waals surface area contributed by atoms with Gasteiger partial charge in [-0.05, 0) is 44.4 Å². The van der Waals surface area contributed by atoms with Crippen LogP contribution in [-0.2, 0) is 0 Å². The molecular formula is C19H43BrP+. The van der Waals surface area contributed by atoms with Crippen LogP contribution in [0.1, 0.15) is 97.8 Å². The molecule has 0 fully saturated rings. The van der Waals surface area contributed by atoms with Gasteiger partial charge in [0.2, 0.25) is 0 Å². The van der Waals surface area contributed by atoms with Crippen LogP contribution in [0.2, 0.25) is 0 Å². The van der Waals surface area contributed by atoms with Crippen LogP contribution < -0.4 is 0 Å². The topological polar surface area (TPSA) is 0 Å². The van der Waals surface area contributed by atoms with Gasteiger partial charge in [-0.25, -0.2) is 0 Å². The molecule has 0 unspecified atom stereocenters. The van der Waals surface area contributed by atoms with E-state index in [0.717, 1.165) is 0 Å². The number of alkyl halides is 1. The number of hydrogen-bond donors (Lipinski definition) is 0. The first-order chi connectivity index (χ1) is 10.3. The Morgan fingerprint density at radius 1 is 0.476 bits per heavy atom. The molecule has 0 saturated carbocycles. The van der Waals surface area contributed by atoms with Crippen molar-refractivity contribution in [2.24, 2.45) is 0 Å². The molecule has 0 aliphatic carbocycles. The first-order valence-electron chi connectivity index (χ1n) is 9.56. The molecule has 2 heteroatoms. The van der Waals surface area contributed by atoms with Gasteiger partial charge in [0.15, 0.2) is 0 Å². The first kappa shape index (κ1) is 24.2. The lowest BCUT2D eigenvalue weighted by atomic mass is 10.2. The van der Waals surface area contributed by atoms with Crippen molar-refractivity contribution in [3.05, 3.63) is 0 Å². The predicted molar refractivity (Wildman–Crippen MR) is 110 cm³/mol. The fourth-order valence-electron chi connectivity index (χ4n) is 2.78. The van der Waals surface area contributed by atoms with Gasteiger partial charge in [-0.3, -0.25) is 0 Å². The molecule has 0 saturated heterocycles. The van der Waals surface area contributed by atoms with Crippen LogP contribution in [0, 0.1) is 0 Å². The Kier molecular flexibility index (Phi) is 26.7. The molecule has 0 aliphatic rings. The standard InChI is InChI=1S/C18H39P.CH3Br/c1-4-7-10-13-16-19(17-14-11-8-5-2)18-15-12-9-6-3;1-2/h4-18H2,1-3H3;1H3/p+1. The lowest BCUT2D eigenvalue weighted by Crippen LogP contribution is -1.97. The Balaban J connectivity index is 0. The van der Waals surface area contributed by atoms with E-state index in [1.807, 2.05) is 5.83 Å². The lowest BCUT2D eigenvalue weighted by molar-refractivity contribution is 0.687. The summed E-state index contributed by atoms with van der Waals surface area (Å²) < 4.78 is 0. The lowest BCUT2D eigenvalue weighted by Gasteiger charge is -2.11. The molecular weight excluding hydrogens is 339 g/mol. The molecule has 0 aromatic rings. The van der Waals surface area contributed by atoms with E-state index in [2.05, 4.69) is 36.7 Å². The zero-order valence-electron chi connectivity index (χ0n) is 15.5. The van der Waals surface area contributed by atoms with E-state index < -0.39 is 0 Å². The monoisotopic (exact) mass is 381 g/mol. The molecule has 0 aliphatic heterocycles. The second-order valence-electron chi connectivity index (χ2n) is 6.18. The van der Waals surface area contributed by atoms with E-state index in [-0.39, 0.29) is 7.92 Å². The van der Waals surface area contributed by atoms with Crippen molar-refractivity contribution in [2.75, 3.05) is 24.3 Å². The third-order valence-electron chi connectivity index (χ3n) is 4.15. The molecule has 0 aromatic carbocycles. The average Bonchev–Trinajstić information content (AvgIpc) is 2.53. The van der Waals surface area contributed by atoms with E-state index in [1.165, 1.54) is 77.0 Å². The summed E-state index contributed by atoms with van der Waals surface area (Å²) in [4.78, 5) is 0. The zero-order valence-corrected chi connectivity index (χ0v) is 18.1. The molecule has 130 valence electrons. The van der Waals surface area contributed by atoms with Crippen LogP contribution in [0.3, 0.4) is 0 Å². The predicted octanol–water partition coefficient (Wildman–Crippen LogP) is 7.95. The third-order valence-corrected chi connectivity index (χ3v) is 7.33. The Morgan fingerprint density at radius 2 is 0.762 bits per heavy atom. The van der Waals surface area contributed by atoms with Gasteiger partial charge >= 0.3 is 0 Å². The first-order valence-corrected chi connectivity index (χ1v) is 13.3. The zero-order chi connectivity index (χ0) is 16.2.